The van der Waals surface area contributed by atoms with Gasteiger partial charge in [-0.15, -0.1) is 0 Å². The Labute approximate surface area is 166 Å². The Morgan fingerprint density at radius 3 is 2.30 bits per heavy atom. The minimum atomic E-state index is 0.327. The van der Waals surface area contributed by atoms with E-state index in [1.807, 2.05) is 12.1 Å². The molecular formula is C23H25ClN2O. The third kappa shape index (κ3) is 3.07. The molecule has 0 spiro atoms. The Morgan fingerprint density at radius 2 is 1.63 bits per heavy atom. The maximum atomic E-state index is 6.11. The third-order valence-corrected chi connectivity index (χ3v) is 6.63. The lowest BCUT2D eigenvalue weighted by molar-refractivity contribution is 0.219. The van der Waals surface area contributed by atoms with Gasteiger partial charge in [0.15, 0.2) is 0 Å². The van der Waals surface area contributed by atoms with Gasteiger partial charge in [-0.25, -0.2) is 0 Å². The lowest BCUT2D eigenvalue weighted by atomic mass is 9.87. The van der Waals surface area contributed by atoms with Crippen molar-refractivity contribution in [1.82, 2.24) is 4.90 Å². The number of benzene rings is 2. The summed E-state index contributed by atoms with van der Waals surface area (Å²) in [5, 5.41) is 0.778. The van der Waals surface area contributed by atoms with E-state index in [1.54, 1.807) is 7.11 Å². The van der Waals surface area contributed by atoms with Crippen molar-refractivity contribution in [3.63, 3.8) is 0 Å². The average Bonchev–Trinajstić information content (AvgIpc) is 3.33. The molecule has 1 saturated heterocycles. The fourth-order valence-electron chi connectivity index (χ4n) is 4.96. The van der Waals surface area contributed by atoms with Gasteiger partial charge in [-0.1, -0.05) is 55.1 Å². The molecule has 2 aromatic carbocycles. The van der Waals surface area contributed by atoms with Crippen LogP contribution < -0.4 is 4.74 Å². The van der Waals surface area contributed by atoms with Crippen molar-refractivity contribution in [2.24, 2.45) is 10.9 Å². The fourth-order valence-corrected chi connectivity index (χ4v) is 5.08. The first-order valence-corrected chi connectivity index (χ1v) is 10.4. The average molecular weight is 381 g/mol. The topological polar surface area (TPSA) is 24.6 Å². The van der Waals surface area contributed by atoms with Gasteiger partial charge in [0.05, 0.1) is 24.9 Å². The van der Waals surface area contributed by atoms with Crippen molar-refractivity contribution < 1.29 is 4.74 Å². The third-order valence-electron chi connectivity index (χ3n) is 6.38. The minimum absolute atomic E-state index is 0.327. The number of hydrogen-bond donors (Lipinski definition) is 0. The van der Waals surface area contributed by atoms with Crippen molar-refractivity contribution in [1.29, 1.82) is 0 Å². The van der Waals surface area contributed by atoms with Crippen molar-refractivity contribution in [3.05, 3.63) is 64.7 Å². The Hall–Kier alpha value is -1.84. The molecule has 2 aliphatic heterocycles. The number of rotatable bonds is 4. The van der Waals surface area contributed by atoms with Crippen LogP contribution in [0.3, 0.4) is 0 Å². The first-order chi connectivity index (χ1) is 13.3. The second-order valence-electron chi connectivity index (χ2n) is 7.94. The van der Waals surface area contributed by atoms with Gasteiger partial charge < -0.3 is 4.74 Å². The predicted octanol–water partition coefficient (Wildman–Crippen LogP) is 5.48. The van der Waals surface area contributed by atoms with Gasteiger partial charge in [-0.2, -0.15) is 0 Å². The van der Waals surface area contributed by atoms with E-state index in [4.69, 9.17) is 21.3 Å². The maximum Gasteiger partial charge on any atom is 0.118 e. The highest BCUT2D eigenvalue weighted by Crippen LogP contribution is 2.54. The summed E-state index contributed by atoms with van der Waals surface area (Å²) >= 11 is 6.11. The summed E-state index contributed by atoms with van der Waals surface area (Å²) < 4.78 is 5.33. The standard InChI is InChI=1S/C23H25ClN2O/c1-27-19-13-9-16(10-14-19)21-22-20(15-7-11-18(24)12-8-15)25-23(26(21)22)17-5-3-2-4-6-17/h7-14,17,21-23H,2-6H2,1H3/t21-,22+,23-,26?/m1/s1. The highest BCUT2D eigenvalue weighted by atomic mass is 35.5. The molecule has 0 radical (unpaired) electrons. The molecule has 1 saturated carbocycles. The molecule has 0 bridgehead atoms. The first kappa shape index (κ1) is 17.3. The van der Waals surface area contributed by atoms with Crippen LogP contribution in [0.5, 0.6) is 5.75 Å². The van der Waals surface area contributed by atoms with E-state index in [-0.39, 0.29) is 0 Å². The number of hydrogen-bond acceptors (Lipinski definition) is 3. The molecule has 0 amide bonds. The van der Waals surface area contributed by atoms with Gasteiger partial charge in [-0.3, -0.25) is 9.89 Å². The lowest BCUT2D eigenvalue weighted by Crippen LogP contribution is -2.27. The van der Waals surface area contributed by atoms with Gasteiger partial charge in [0.25, 0.3) is 0 Å². The molecule has 4 atom stereocenters. The largest absolute Gasteiger partial charge is 0.497 e. The smallest absolute Gasteiger partial charge is 0.118 e. The number of nitrogens with zero attached hydrogens (tertiary/aromatic N) is 2. The summed E-state index contributed by atoms with van der Waals surface area (Å²) in [5.41, 5.74) is 3.81. The summed E-state index contributed by atoms with van der Waals surface area (Å²) in [4.78, 5) is 7.85. The molecule has 4 heteroatoms. The molecule has 27 heavy (non-hydrogen) atoms. The summed E-state index contributed by atoms with van der Waals surface area (Å²) in [6.07, 6.45) is 7.01. The zero-order valence-corrected chi connectivity index (χ0v) is 16.4. The monoisotopic (exact) mass is 380 g/mol. The van der Waals surface area contributed by atoms with Crippen LogP contribution in [0.4, 0.5) is 0 Å². The number of aliphatic imine (C=N–C) groups is 1. The summed E-state index contributed by atoms with van der Waals surface area (Å²) in [5.74, 6) is 1.60. The van der Waals surface area contributed by atoms with Crippen molar-refractivity contribution in [2.75, 3.05) is 7.11 Å². The molecule has 0 aromatic heterocycles. The Bertz CT molecular complexity index is 840. The van der Waals surface area contributed by atoms with Gasteiger partial charge in [0, 0.05) is 5.02 Å². The van der Waals surface area contributed by atoms with Crippen molar-refractivity contribution in [3.8, 4) is 5.75 Å². The van der Waals surface area contributed by atoms with Crippen LogP contribution in [-0.2, 0) is 0 Å². The van der Waals surface area contributed by atoms with Crippen molar-refractivity contribution in [2.45, 2.75) is 50.4 Å². The molecule has 3 aliphatic rings. The van der Waals surface area contributed by atoms with Gasteiger partial charge in [-0.05, 0) is 54.2 Å². The molecule has 3 nitrogen and oxygen atoms in total. The number of ether oxygens (including phenoxy) is 1. The number of fused-ring (bicyclic) bond motifs is 1. The second-order valence-corrected chi connectivity index (χ2v) is 8.38. The summed E-state index contributed by atoms with van der Waals surface area (Å²) in [7, 11) is 1.72. The Kier molecular flexibility index (Phi) is 4.45. The van der Waals surface area contributed by atoms with E-state index in [9.17, 15) is 0 Å². The lowest BCUT2D eigenvalue weighted by Gasteiger charge is -2.28. The van der Waals surface area contributed by atoms with E-state index < -0.39 is 0 Å². The second kappa shape index (κ2) is 6.96. The molecule has 5 rings (SSSR count). The molecule has 1 aliphatic carbocycles. The van der Waals surface area contributed by atoms with Crippen LogP contribution in [0.25, 0.3) is 0 Å². The van der Waals surface area contributed by atoms with E-state index >= 15 is 0 Å². The van der Waals surface area contributed by atoms with Gasteiger partial charge in [0.1, 0.15) is 11.9 Å². The van der Waals surface area contributed by atoms with E-state index in [1.165, 1.54) is 48.9 Å². The molecular weight excluding hydrogens is 356 g/mol. The number of methoxy groups -OCH3 is 1. The zero-order valence-electron chi connectivity index (χ0n) is 15.6. The molecule has 2 heterocycles. The van der Waals surface area contributed by atoms with E-state index in [2.05, 4.69) is 41.3 Å². The normalized spacial score (nSPS) is 29.9. The number of halogens is 1. The molecule has 1 unspecified atom stereocenters. The van der Waals surface area contributed by atoms with Crippen LogP contribution in [0.15, 0.2) is 53.5 Å². The molecule has 0 N–H and O–H groups in total. The van der Waals surface area contributed by atoms with Crippen LogP contribution in [0, 0.1) is 5.92 Å². The first-order valence-electron chi connectivity index (χ1n) is 10.0. The Morgan fingerprint density at radius 1 is 0.926 bits per heavy atom. The molecule has 140 valence electrons. The van der Waals surface area contributed by atoms with Crippen LogP contribution in [-0.4, -0.2) is 29.9 Å². The van der Waals surface area contributed by atoms with Crippen LogP contribution in [0.2, 0.25) is 5.02 Å². The fraction of sp³-hybridized carbons (Fsp3) is 0.435. The summed E-state index contributed by atoms with van der Waals surface area (Å²) in [6, 6.07) is 17.6. The maximum absolute atomic E-state index is 6.11. The van der Waals surface area contributed by atoms with E-state index in [0.717, 1.165) is 10.8 Å². The Balaban J connectivity index is 1.47. The highest BCUT2D eigenvalue weighted by molar-refractivity contribution is 6.30. The predicted molar refractivity (Wildman–Crippen MR) is 110 cm³/mol. The zero-order chi connectivity index (χ0) is 18.4. The quantitative estimate of drug-likeness (QED) is 0.655. The van der Waals surface area contributed by atoms with Crippen LogP contribution >= 0.6 is 11.6 Å². The van der Waals surface area contributed by atoms with Gasteiger partial charge in [0.2, 0.25) is 0 Å². The minimum Gasteiger partial charge on any atom is -0.497 e. The SMILES string of the molecule is COc1ccc([C@@H]2[C@@H]3C(c4ccc(Cl)cc4)=N[C@@H](C4CCCCC4)N23)cc1. The summed E-state index contributed by atoms with van der Waals surface area (Å²) in [6.45, 7) is 0. The van der Waals surface area contributed by atoms with E-state index in [0.29, 0.717) is 24.2 Å². The van der Waals surface area contributed by atoms with Crippen LogP contribution in [0.1, 0.15) is 49.3 Å². The molecule has 2 aromatic rings. The van der Waals surface area contributed by atoms with Gasteiger partial charge >= 0.3 is 0 Å². The molecule has 2 fully saturated rings. The highest BCUT2D eigenvalue weighted by Gasteiger charge is 2.60. The van der Waals surface area contributed by atoms with Crippen molar-refractivity contribution >= 4 is 17.3 Å².